The van der Waals surface area contributed by atoms with Gasteiger partial charge >= 0.3 is 0 Å². The number of aryl methyl sites for hydroxylation is 1. The first-order valence-electron chi connectivity index (χ1n) is 10.6. The Hall–Kier alpha value is -4.22. The first-order valence-corrected chi connectivity index (χ1v) is 12.9. The number of thiazole rings is 1. The zero-order valence-corrected chi connectivity index (χ0v) is 20.0. The summed E-state index contributed by atoms with van der Waals surface area (Å²) in [4.78, 5) is 8.91. The maximum absolute atomic E-state index is 12.9. The lowest BCUT2D eigenvalue weighted by molar-refractivity contribution is 0.601. The number of nitrogens with one attached hydrogen (secondary N) is 1. The molecule has 9 nitrogen and oxygen atoms in total. The normalized spacial score (nSPS) is 11.8. The average Bonchev–Trinajstić information content (AvgIpc) is 3.46. The molecule has 0 spiro atoms. The summed E-state index contributed by atoms with van der Waals surface area (Å²) in [7, 11) is -3.74. The van der Waals surface area contributed by atoms with Crippen molar-refractivity contribution in [2.75, 3.05) is 4.72 Å². The molecule has 4 aromatic heterocycles. The van der Waals surface area contributed by atoms with Gasteiger partial charge in [0.1, 0.15) is 5.69 Å². The van der Waals surface area contributed by atoms with E-state index in [0.717, 1.165) is 20.8 Å². The van der Waals surface area contributed by atoms with Crippen molar-refractivity contribution in [1.82, 2.24) is 29.8 Å². The topological polar surface area (TPSA) is 115 Å². The molecule has 172 valence electrons. The van der Waals surface area contributed by atoms with Crippen LogP contribution in [0, 0.1) is 6.92 Å². The summed E-state index contributed by atoms with van der Waals surface area (Å²) in [6.07, 6.45) is 1.69. The van der Waals surface area contributed by atoms with Crippen LogP contribution >= 0.6 is 11.3 Å². The van der Waals surface area contributed by atoms with E-state index in [4.69, 9.17) is 0 Å². The maximum Gasteiger partial charge on any atom is 0.261 e. The SMILES string of the molecule is Cc1nc2ccc(S(=O)(=O)Nc3ccc(-c4ccc5nnc(-c6ccccn6)n5n4)cc3)cc2s1. The van der Waals surface area contributed by atoms with E-state index >= 15 is 0 Å². The van der Waals surface area contributed by atoms with Crippen LogP contribution in [0.4, 0.5) is 5.69 Å². The van der Waals surface area contributed by atoms with E-state index in [-0.39, 0.29) is 4.90 Å². The minimum atomic E-state index is -3.74. The smallest absolute Gasteiger partial charge is 0.261 e. The summed E-state index contributed by atoms with van der Waals surface area (Å²) < 4.78 is 31.0. The highest BCUT2D eigenvalue weighted by molar-refractivity contribution is 7.92. The predicted molar refractivity (Wildman–Crippen MR) is 135 cm³/mol. The molecule has 0 atom stereocenters. The molecule has 0 aliphatic rings. The van der Waals surface area contributed by atoms with Crippen LogP contribution in [-0.4, -0.2) is 38.2 Å². The van der Waals surface area contributed by atoms with Crippen molar-refractivity contribution in [3.05, 3.63) is 84.0 Å². The van der Waals surface area contributed by atoms with Crippen LogP contribution in [0.1, 0.15) is 5.01 Å². The Bertz CT molecular complexity index is 1800. The molecule has 0 unspecified atom stereocenters. The van der Waals surface area contributed by atoms with Crippen LogP contribution in [0.5, 0.6) is 0 Å². The number of aromatic nitrogens is 6. The number of fused-ring (bicyclic) bond motifs is 2. The minimum absolute atomic E-state index is 0.194. The van der Waals surface area contributed by atoms with Gasteiger partial charge in [0, 0.05) is 17.4 Å². The quantitative estimate of drug-likeness (QED) is 0.369. The Labute approximate surface area is 204 Å². The van der Waals surface area contributed by atoms with Gasteiger partial charge in [-0.2, -0.15) is 9.61 Å². The van der Waals surface area contributed by atoms with E-state index in [0.29, 0.717) is 28.5 Å². The van der Waals surface area contributed by atoms with E-state index in [9.17, 15) is 8.42 Å². The van der Waals surface area contributed by atoms with Gasteiger partial charge in [0.2, 0.25) is 5.82 Å². The van der Waals surface area contributed by atoms with Gasteiger partial charge in [-0.3, -0.25) is 9.71 Å². The molecule has 0 amide bonds. The summed E-state index contributed by atoms with van der Waals surface area (Å²) in [6.45, 7) is 1.90. The van der Waals surface area contributed by atoms with Gasteiger partial charge in [-0.1, -0.05) is 18.2 Å². The van der Waals surface area contributed by atoms with Gasteiger partial charge in [0.25, 0.3) is 10.0 Å². The third-order valence-corrected chi connectivity index (χ3v) is 7.68. The van der Waals surface area contributed by atoms with Gasteiger partial charge in [-0.15, -0.1) is 21.5 Å². The lowest BCUT2D eigenvalue weighted by atomic mass is 10.1. The van der Waals surface area contributed by atoms with E-state index in [2.05, 4.69) is 30.0 Å². The number of sulfonamides is 1. The highest BCUT2D eigenvalue weighted by atomic mass is 32.2. The first kappa shape index (κ1) is 21.3. The standard InChI is InChI=1S/C24H17N7O2S2/c1-15-26-20-10-9-18(14-22(20)34-15)35(32,33)30-17-7-5-16(6-8-17)19-11-12-23-27-28-24(31(23)29-19)21-4-2-3-13-25-21/h2-14,30H,1H3. The molecular weight excluding hydrogens is 482 g/mol. The van der Waals surface area contributed by atoms with Crippen molar-refractivity contribution in [2.24, 2.45) is 0 Å². The molecule has 0 saturated carbocycles. The Kier molecular flexibility index (Phi) is 5.01. The monoisotopic (exact) mass is 499 g/mol. The summed E-state index contributed by atoms with van der Waals surface area (Å²) >= 11 is 1.46. The van der Waals surface area contributed by atoms with Crippen LogP contribution in [0.25, 0.3) is 38.6 Å². The molecule has 0 saturated heterocycles. The largest absolute Gasteiger partial charge is 0.280 e. The van der Waals surface area contributed by atoms with Crippen molar-refractivity contribution in [1.29, 1.82) is 0 Å². The molecule has 0 bridgehead atoms. The fraction of sp³-hybridized carbons (Fsp3) is 0.0417. The lowest BCUT2D eigenvalue weighted by Gasteiger charge is -2.09. The van der Waals surface area contributed by atoms with E-state index in [1.54, 1.807) is 41.0 Å². The number of pyridine rings is 1. The van der Waals surface area contributed by atoms with Crippen molar-refractivity contribution >= 4 is 42.9 Å². The molecule has 6 aromatic rings. The average molecular weight is 500 g/mol. The van der Waals surface area contributed by atoms with Crippen LogP contribution in [0.3, 0.4) is 0 Å². The number of rotatable bonds is 5. The fourth-order valence-electron chi connectivity index (χ4n) is 3.71. The van der Waals surface area contributed by atoms with E-state index in [1.807, 2.05) is 49.4 Å². The minimum Gasteiger partial charge on any atom is -0.280 e. The third-order valence-electron chi connectivity index (χ3n) is 5.37. The summed E-state index contributed by atoms with van der Waals surface area (Å²) in [6, 6.07) is 21.2. The number of anilines is 1. The molecule has 1 N–H and O–H groups in total. The maximum atomic E-state index is 12.9. The number of benzene rings is 2. The first-order chi connectivity index (χ1) is 17.0. The number of hydrogen-bond donors (Lipinski definition) is 1. The Balaban J connectivity index is 1.28. The van der Waals surface area contributed by atoms with Crippen molar-refractivity contribution < 1.29 is 8.42 Å². The number of nitrogens with zero attached hydrogens (tertiary/aromatic N) is 6. The molecule has 0 aliphatic heterocycles. The van der Waals surface area contributed by atoms with Crippen LogP contribution < -0.4 is 4.72 Å². The van der Waals surface area contributed by atoms with Crippen LogP contribution in [-0.2, 0) is 10.0 Å². The Morgan fingerprint density at radius 2 is 1.77 bits per heavy atom. The van der Waals surface area contributed by atoms with Gasteiger partial charge in [-0.25, -0.2) is 13.4 Å². The van der Waals surface area contributed by atoms with Crippen LogP contribution in [0.2, 0.25) is 0 Å². The van der Waals surface area contributed by atoms with E-state index < -0.39 is 10.0 Å². The number of hydrogen-bond acceptors (Lipinski definition) is 8. The molecule has 0 radical (unpaired) electrons. The van der Waals surface area contributed by atoms with Gasteiger partial charge < -0.3 is 0 Å². The zero-order valence-electron chi connectivity index (χ0n) is 18.3. The molecule has 2 aromatic carbocycles. The molecule has 35 heavy (non-hydrogen) atoms. The molecule has 4 heterocycles. The lowest BCUT2D eigenvalue weighted by Crippen LogP contribution is -2.12. The third kappa shape index (κ3) is 4.00. The van der Waals surface area contributed by atoms with Crippen molar-refractivity contribution in [3.8, 4) is 22.8 Å². The molecule has 6 rings (SSSR count). The Morgan fingerprint density at radius 1 is 0.914 bits per heavy atom. The summed E-state index contributed by atoms with van der Waals surface area (Å²) in [5.74, 6) is 0.542. The molecule has 0 aliphatic carbocycles. The second-order valence-electron chi connectivity index (χ2n) is 7.77. The molecular formula is C24H17N7O2S2. The molecule has 0 fully saturated rings. The van der Waals surface area contributed by atoms with Gasteiger partial charge in [0.05, 0.1) is 25.8 Å². The second-order valence-corrected chi connectivity index (χ2v) is 10.7. The van der Waals surface area contributed by atoms with E-state index in [1.165, 1.54) is 11.3 Å². The van der Waals surface area contributed by atoms with Crippen LogP contribution in [0.15, 0.2) is 83.9 Å². The zero-order chi connectivity index (χ0) is 24.0. The second kappa shape index (κ2) is 8.22. The molecule has 11 heteroatoms. The van der Waals surface area contributed by atoms with Gasteiger partial charge in [0.15, 0.2) is 5.65 Å². The Morgan fingerprint density at radius 3 is 2.57 bits per heavy atom. The summed E-state index contributed by atoms with van der Waals surface area (Å²) in [5, 5.41) is 13.9. The summed E-state index contributed by atoms with van der Waals surface area (Å²) in [5.41, 5.74) is 4.02. The predicted octanol–water partition coefficient (Wildman–Crippen LogP) is 4.57. The fourth-order valence-corrected chi connectivity index (χ4v) is 5.73. The highest BCUT2D eigenvalue weighted by Crippen LogP contribution is 2.27. The van der Waals surface area contributed by atoms with Gasteiger partial charge in [-0.05, 0) is 61.5 Å². The van der Waals surface area contributed by atoms with Crippen molar-refractivity contribution in [2.45, 2.75) is 11.8 Å². The van der Waals surface area contributed by atoms with Crippen molar-refractivity contribution in [3.63, 3.8) is 0 Å². The highest BCUT2D eigenvalue weighted by Gasteiger charge is 2.16.